The van der Waals surface area contributed by atoms with Crippen LogP contribution in [0.25, 0.3) is 0 Å². The van der Waals surface area contributed by atoms with Gasteiger partial charge in [-0.3, -0.25) is 4.90 Å². The van der Waals surface area contributed by atoms with Crippen LogP contribution in [-0.4, -0.2) is 47.6 Å². The van der Waals surface area contributed by atoms with Crippen LogP contribution in [0, 0.1) is 0 Å². The van der Waals surface area contributed by atoms with Gasteiger partial charge in [0.1, 0.15) is 5.75 Å². The summed E-state index contributed by atoms with van der Waals surface area (Å²) in [6.45, 7) is 12.8. The Morgan fingerprint density at radius 2 is 1.95 bits per heavy atom. The molecule has 1 heterocycles. The predicted octanol–water partition coefficient (Wildman–Crippen LogP) is 2.83. The maximum atomic E-state index is 10.5. The van der Waals surface area contributed by atoms with E-state index in [1.54, 1.807) is 0 Å². The number of hydrogen-bond acceptors (Lipinski definition) is 3. The zero-order chi connectivity index (χ0) is 14.9. The summed E-state index contributed by atoms with van der Waals surface area (Å²) >= 11 is 0. The van der Waals surface area contributed by atoms with Crippen molar-refractivity contribution >= 4 is 0 Å². The number of para-hydroxylation sites is 1. The fraction of sp³-hybridized carbons (Fsp3) is 0.647. The van der Waals surface area contributed by atoms with Gasteiger partial charge in [0.05, 0.1) is 0 Å². The molecule has 1 fully saturated rings. The molecular weight excluding hydrogens is 248 g/mol. The number of phenols is 1. The Morgan fingerprint density at radius 3 is 2.55 bits per heavy atom. The number of nitrogens with zero attached hydrogens (tertiary/aromatic N) is 2. The Labute approximate surface area is 123 Å². The van der Waals surface area contributed by atoms with Crippen LogP contribution in [0.15, 0.2) is 18.2 Å². The van der Waals surface area contributed by atoms with Crippen molar-refractivity contribution in [3.05, 3.63) is 29.3 Å². The van der Waals surface area contributed by atoms with Gasteiger partial charge in [-0.15, -0.1) is 0 Å². The molecule has 0 radical (unpaired) electrons. The summed E-state index contributed by atoms with van der Waals surface area (Å²) in [7, 11) is 2.18. The Hall–Kier alpha value is -1.06. The summed E-state index contributed by atoms with van der Waals surface area (Å²) in [5, 5.41) is 10.5. The largest absolute Gasteiger partial charge is 0.507 e. The molecule has 0 aromatic heterocycles. The summed E-state index contributed by atoms with van der Waals surface area (Å²) in [4.78, 5) is 4.83. The second kappa shape index (κ2) is 5.74. The summed E-state index contributed by atoms with van der Waals surface area (Å²) < 4.78 is 0. The normalized spacial score (nSPS) is 22.1. The number of phenolic OH excluding ortho intramolecular Hbond substituents is 1. The fourth-order valence-electron chi connectivity index (χ4n) is 2.83. The van der Waals surface area contributed by atoms with E-state index in [1.807, 2.05) is 12.1 Å². The molecule has 1 saturated heterocycles. The second-order valence-electron chi connectivity index (χ2n) is 7.13. The molecule has 1 N–H and O–H groups in total. The molecule has 3 nitrogen and oxygen atoms in total. The van der Waals surface area contributed by atoms with E-state index in [2.05, 4.69) is 50.6 Å². The molecular formula is C17H28N2O. The van der Waals surface area contributed by atoms with Gasteiger partial charge in [0.15, 0.2) is 0 Å². The average molecular weight is 276 g/mol. The van der Waals surface area contributed by atoms with Crippen LogP contribution in [0.4, 0.5) is 0 Å². The fourth-order valence-corrected chi connectivity index (χ4v) is 2.83. The van der Waals surface area contributed by atoms with Gasteiger partial charge in [-0.1, -0.05) is 39.0 Å². The maximum absolute atomic E-state index is 10.5. The van der Waals surface area contributed by atoms with Crippen LogP contribution in [0.5, 0.6) is 5.75 Å². The topological polar surface area (TPSA) is 26.7 Å². The lowest BCUT2D eigenvalue weighted by Gasteiger charge is -2.38. The molecule has 1 atom stereocenters. The first-order chi connectivity index (χ1) is 9.29. The van der Waals surface area contributed by atoms with E-state index in [0.717, 1.165) is 37.3 Å². The first-order valence-corrected chi connectivity index (χ1v) is 7.53. The third-order valence-electron chi connectivity index (χ3n) is 4.37. The van der Waals surface area contributed by atoms with Gasteiger partial charge < -0.3 is 10.0 Å². The highest BCUT2D eigenvalue weighted by Gasteiger charge is 2.23. The Morgan fingerprint density at radius 1 is 1.25 bits per heavy atom. The monoisotopic (exact) mass is 276 g/mol. The molecule has 2 rings (SSSR count). The van der Waals surface area contributed by atoms with Crippen LogP contribution in [0.1, 0.15) is 38.8 Å². The number of piperazine rings is 1. The Balaban J connectivity index is 2.14. The zero-order valence-corrected chi connectivity index (χ0v) is 13.5. The minimum absolute atomic E-state index is 0.0184. The van der Waals surface area contributed by atoms with E-state index in [-0.39, 0.29) is 5.41 Å². The maximum Gasteiger partial charge on any atom is 0.123 e. The van der Waals surface area contributed by atoms with Crippen molar-refractivity contribution in [3.63, 3.8) is 0 Å². The van der Waals surface area contributed by atoms with Crippen molar-refractivity contribution in [1.29, 1.82) is 0 Å². The van der Waals surface area contributed by atoms with Crippen LogP contribution in [0.3, 0.4) is 0 Å². The van der Waals surface area contributed by atoms with Gasteiger partial charge in [0, 0.05) is 37.8 Å². The second-order valence-corrected chi connectivity index (χ2v) is 7.13. The molecule has 0 saturated carbocycles. The van der Waals surface area contributed by atoms with Crippen LogP contribution in [-0.2, 0) is 12.0 Å². The molecule has 112 valence electrons. The lowest BCUT2D eigenvalue weighted by Crippen LogP contribution is -2.49. The summed E-state index contributed by atoms with van der Waals surface area (Å²) in [5.41, 5.74) is 2.07. The van der Waals surface area contributed by atoms with E-state index < -0.39 is 0 Å². The standard InChI is InChI=1S/C17H28N2O/c1-13-11-19(10-9-18(13)5)12-14-7-6-8-15(16(14)20)17(2,3)4/h6-8,13,20H,9-12H2,1-5H3/t13-/m1/s1. The van der Waals surface area contributed by atoms with Crippen molar-refractivity contribution < 1.29 is 5.11 Å². The van der Waals surface area contributed by atoms with Crippen LogP contribution >= 0.6 is 0 Å². The molecule has 0 unspecified atom stereocenters. The van der Waals surface area contributed by atoms with Gasteiger partial charge in [-0.05, 0) is 24.9 Å². The summed E-state index contributed by atoms with van der Waals surface area (Å²) in [5.74, 6) is 0.478. The first kappa shape index (κ1) is 15.3. The van der Waals surface area contributed by atoms with E-state index in [4.69, 9.17) is 0 Å². The average Bonchev–Trinajstić information content (AvgIpc) is 2.35. The van der Waals surface area contributed by atoms with Crippen molar-refractivity contribution in [2.24, 2.45) is 0 Å². The molecule has 0 bridgehead atoms. The SMILES string of the molecule is C[C@@H]1CN(Cc2cccc(C(C)(C)C)c2O)CCN1C. The molecule has 1 aromatic carbocycles. The number of aromatic hydroxyl groups is 1. The smallest absolute Gasteiger partial charge is 0.123 e. The third-order valence-corrected chi connectivity index (χ3v) is 4.37. The van der Waals surface area contributed by atoms with Crippen molar-refractivity contribution in [2.45, 2.75) is 45.7 Å². The van der Waals surface area contributed by atoms with Crippen molar-refractivity contribution in [1.82, 2.24) is 9.80 Å². The molecule has 1 aromatic rings. The van der Waals surface area contributed by atoms with Gasteiger partial charge in [-0.25, -0.2) is 0 Å². The lowest BCUT2D eigenvalue weighted by molar-refractivity contribution is 0.0993. The number of benzene rings is 1. The summed E-state index contributed by atoms with van der Waals surface area (Å²) in [6, 6.07) is 6.73. The van der Waals surface area contributed by atoms with Gasteiger partial charge in [0.25, 0.3) is 0 Å². The van der Waals surface area contributed by atoms with Gasteiger partial charge in [0.2, 0.25) is 0 Å². The van der Waals surface area contributed by atoms with E-state index in [0.29, 0.717) is 11.8 Å². The van der Waals surface area contributed by atoms with E-state index >= 15 is 0 Å². The first-order valence-electron chi connectivity index (χ1n) is 7.53. The van der Waals surface area contributed by atoms with Crippen LogP contribution < -0.4 is 0 Å². The van der Waals surface area contributed by atoms with Crippen molar-refractivity contribution in [2.75, 3.05) is 26.7 Å². The molecule has 20 heavy (non-hydrogen) atoms. The Kier molecular flexibility index (Phi) is 4.40. The molecule has 0 spiro atoms. The van der Waals surface area contributed by atoms with Gasteiger partial charge >= 0.3 is 0 Å². The van der Waals surface area contributed by atoms with E-state index in [1.165, 1.54) is 0 Å². The predicted molar refractivity (Wildman–Crippen MR) is 84.2 cm³/mol. The zero-order valence-electron chi connectivity index (χ0n) is 13.5. The highest BCUT2D eigenvalue weighted by molar-refractivity contribution is 5.44. The number of rotatable bonds is 2. The van der Waals surface area contributed by atoms with Crippen LogP contribution in [0.2, 0.25) is 0 Å². The van der Waals surface area contributed by atoms with E-state index in [9.17, 15) is 5.11 Å². The summed E-state index contributed by atoms with van der Waals surface area (Å²) in [6.07, 6.45) is 0. The Bertz CT molecular complexity index is 465. The molecule has 1 aliphatic heterocycles. The minimum atomic E-state index is -0.0184. The number of likely N-dealkylation sites (N-methyl/N-ethyl adjacent to an activating group) is 1. The highest BCUT2D eigenvalue weighted by Crippen LogP contribution is 2.33. The van der Waals surface area contributed by atoms with Gasteiger partial charge in [-0.2, -0.15) is 0 Å². The number of hydrogen-bond donors (Lipinski definition) is 1. The highest BCUT2D eigenvalue weighted by atomic mass is 16.3. The molecule has 0 aliphatic carbocycles. The minimum Gasteiger partial charge on any atom is -0.507 e. The quantitative estimate of drug-likeness (QED) is 0.900. The molecule has 3 heteroatoms. The molecule has 1 aliphatic rings. The lowest BCUT2D eigenvalue weighted by atomic mass is 9.85. The van der Waals surface area contributed by atoms with Crippen molar-refractivity contribution in [3.8, 4) is 5.75 Å². The molecule has 0 amide bonds. The third kappa shape index (κ3) is 3.33.